The zero-order valence-corrected chi connectivity index (χ0v) is 12.7. The van der Waals surface area contributed by atoms with Crippen LogP contribution in [0.25, 0.3) is 0 Å². The van der Waals surface area contributed by atoms with Crippen LogP contribution in [0, 0.1) is 11.8 Å². The molecule has 0 aliphatic rings. The summed E-state index contributed by atoms with van der Waals surface area (Å²) >= 11 is 1.83. The lowest BCUT2D eigenvalue weighted by Gasteiger charge is -2.16. The summed E-state index contributed by atoms with van der Waals surface area (Å²) in [4.78, 5) is 5.68. The molecule has 0 aliphatic carbocycles. The van der Waals surface area contributed by atoms with Crippen molar-refractivity contribution < 1.29 is 0 Å². The van der Waals surface area contributed by atoms with Crippen molar-refractivity contribution in [2.45, 2.75) is 27.2 Å². The van der Waals surface area contributed by atoms with E-state index in [0.717, 1.165) is 25.5 Å². The molecular formula is C14H25N3S. The predicted octanol–water partition coefficient (Wildman–Crippen LogP) is 2.75. The van der Waals surface area contributed by atoms with Gasteiger partial charge in [0.25, 0.3) is 0 Å². The lowest BCUT2D eigenvalue weighted by atomic mass is 10.1. The second-order valence-corrected chi connectivity index (χ2v) is 6.15. The SMILES string of the molecule is CN=C(NCC(C)C)NCC(C)Cc1cccs1. The molecule has 102 valence electrons. The van der Waals surface area contributed by atoms with Crippen molar-refractivity contribution in [2.24, 2.45) is 16.8 Å². The maximum atomic E-state index is 4.23. The second kappa shape index (κ2) is 8.14. The van der Waals surface area contributed by atoms with E-state index in [-0.39, 0.29) is 0 Å². The number of thiophene rings is 1. The number of nitrogens with one attached hydrogen (secondary N) is 2. The van der Waals surface area contributed by atoms with Gasteiger partial charge < -0.3 is 10.6 Å². The largest absolute Gasteiger partial charge is 0.356 e. The Balaban J connectivity index is 2.25. The van der Waals surface area contributed by atoms with E-state index < -0.39 is 0 Å². The zero-order chi connectivity index (χ0) is 13.4. The molecule has 0 radical (unpaired) electrons. The molecule has 1 rings (SSSR count). The first-order chi connectivity index (χ1) is 8.61. The lowest BCUT2D eigenvalue weighted by molar-refractivity contribution is 0.554. The highest BCUT2D eigenvalue weighted by Gasteiger charge is 2.06. The summed E-state index contributed by atoms with van der Waals surface area (Å²) in [6.07, 6.45) is 1.13. The Morgan fingerprint density at radius 3 is 2.56 bits per heavy atom. The summed E-state index contributed by atoms with van der Waals surface area (Å²) in [5.41, 5.74) is 0. The highest BCUT2D eigenvalue weighted by molar-refractivity contribution is 7.09. The fraction of sp³-hybridized carbons (Fsp3) is 0.643. The van der Waals surface area contributed by atoms with Gasteiger partial charge in [0.15, 0.2) is 5.96 Å². The molecule has 1 heterocycles. The van der Waals surface area contributed by atoms with Gasteiger partial charge in [0, 0.05) is 25.0 Å². The van der Waals surface area contributed by atoms with Crippen LogP contribution in [0.1, 0.15) is 25.6 Å². The zero-order valence-electron chi connectivity index (χ0n) is 11.9. The minimum Gasteiger partial charge on any atom is -0.356 e. The maximum Gasteiger partial charge on any atom is 0.190 e. The molecule has 2 N–H and O–H groups in total. The Kier molecular flexibility index (Phi) is 6.80. The summed E-state index contributed by atoms with van der Waals surface area (Å²) in [6.45, 7) is 8.57. The average Bonchev–Trinajstić information content (AvgIpc) is 2.81. The molecule has 1 unspecified atom stereocenters. The van der Waals surface area contributed by atoms with E-state index >= 15 is 0 Å². The quantitative estimate of drug-likeness (QED) is 0.614. The van der Waals surface area contributed by atoms with Gasteiger partial charge in [0.05, 0.1) is 0 Å². The van der Waals surface area contributed by atoms with Crippen LogP contribution in [0.5, 0.6) is 0 Å². The average molecular weight is 267 g/mol. The van der Waals surface area contributed by atoms with Crippen LogP contribution in [0.15, 0.2) is 22.5 Å². The van der Waals surface area contributed by atoms with Gasteiger partial charge in [-0.15, -0.1) is 11.3 Å². The number of guanidine groups is 1. The number of hydrogen-bond acceptors (Lipinski definition) is 2. The van der Waals surface area contributed by atoms with Gasteiger partial charge in [0.1, 0.15) is 0 Å². The second-order valence-electron chi connectivity index (χ2n) is 5.12. The molecule has 0 fully saturated rings. The Labute approximate surface area is 115 Å². The Bertz CT molecular complexity index is 344. The van der Waals surface area contributed by atoms with E-state index in [1.807, 2.05) is 18.4 Å². The normalized spacial score (nSPS) is 13.7. The van der Waals surface area contributed by atoms with Gasteiger partial charge in [-0.05, 0) is 29.7 Å². The van der Waals surface area contributed by atoms with E-state index in [4.69, 9.17) is 0 Å². The monoisotopic (exact) mass is 267 g/mol. The molecular weight excluding hydrogens is 242 g/mol. The molecule has 0 saturated carbocycles. The van der Waals surface area contributed by atoms with Gasteiger partial charge in [-0.3, -0.25) is 4.99 Å². The Morgan fingerprint density at radius 1 is 1.28 bits per heavy atom. The molecule has 0 bridgehead atoms. The van der Waals surface area contributed by atoms with E-state index in [2.05, 4.69) is 53.9 Å². The minimum atomic E-state index is 0.612. The van der Waals surface area contributed by atoms with Gasteiger partial charge in [-0.2, -0.15) is 0 Å². The van der Waals surface area contributed by atoms with Gasteiger partial charge in [0.2, 0.25) is 0 Å². The van der Waals surface area contributed by atoms with Crippen molar-refractivity contribution >= 4 is 17.3 Å². The van der Waals surface area contributed by atoms with Crippen LogP contribution in [0.4, 0.5) is 0 Å². The van der Waals surface area contributed by atoms with Crippen LogP contribution in [-0.4, -0.2) is 26.1 Å². The van der Waals surface area contributed by atoms with Crippen LogP contribution in [-0.2, 0) is 6.42 Å². The number of nitrogens with zero attached hydrogens (tertiary/aromatic N) is 1. The predicted molar refractivity (Wildman–Crippen MR) is 81.4 cm³/mol. The Morgan fingerprint density at radius 2 is 2.00 bits per heavy atom. The third kappa shape index (κ3) is 6.05. The van der Waals surface area contributed by atoms with Crippen LogP contribution in [0.2, 0.25) is 0 Å². The summed E-state index contributed by atoms with van der Waals surface area (Å²) in [6, 6.07) is 4.32. The highest BCUT2D eigenvalue weighted by atomic mass is 32.1. The standard InChI is InChI=1S/C14H25N3S/c1-11(2)9-16-14(15-4)17-10-12(3)8-13-6-5-7-18-13/h5-7,11-12H,8-10H2,1-4H3,(H2,15,16,17). The molecule has 0 spiro atoms. The topological polar surface area (TPSA) is 36.4 Å². The molecule has 3 nitrogen and oxygen atoms in total. The number of rotatable bonds is 6. The summed E-state index contributed by atoms with van der Waals surface area (Å²) in [5.74, 6) is 2.15. The van der Waals surface area contributed by atoms with E-state index in [0.29, 0.717) is 11.8 Å². The molecule has 4 heteroatoms. The smallest absolute Gasteiger partial charge is 0.190 e. The molecule has 0 amide bonds. The van der Waals surface area contributed by atoms with Crippen molar-refractivity contribution in [2.75, 3.05) is 20.1 Å². The summed E-state index contributed by atoms with van der Waals surface area (Å²) < 4.78 is 0. The first-order valence-electron chi connectivity index (χ1n) is 6.58. The van der Waals surface area contributed by atoms with Crippen molar-refractivity contribution in [3.63, 3.8) is 0 Å². The van der Waals surface area contributed by atoms with Crippen LogP contribution < -0.4 is 10.6 Å². The molecule has 18 heavy (non-hydrogen) atoms. The highest BCUT2D eigenvalue weighted by Crippen LogP contribution is 2.13. The molecule has 0 saturated heterocycles. The van der Waals surface area contributed by atoms with E-state index in [9.17, 15) is 0 Å². The van der Waals surface area contributed by atoms with E-state index in [1.54, 1.807) is 0 Å². The first-order valence-corrected chi connectivity index (χ1v) is 7.46. The van der Waals surface area contributed by atoms with Crippen LogP contribution >= 0.6 is 11.3 Å². The van der Waals surface area contributed by atoms with Crippen molar-refractivity contribution in [3.8, 4) is 0 Å². The first kappa shape index (κ1) is 15.0. The van der Waals surface area contributed by atoms with Gasteiger partial charge in [-0.1, -0.05) is 26.8 Å². The maximum absolute atomic E-state index is 4.23. The van der Waals surface area contributed by atoms with Crippen LogP contribution in [0.3, 0.4) is 0 Å². The fourth-order valence-electron chi connectivity index (χ4n) is 1.64. The minimum absolute atomic E-state index is 0.612. The lowest BCUT2D eigenvalue weighted by Crippen LogP contribution is -2.41. The summed E-state index contributed by atoms with van der Waals surface area (Å²) in [7, 11) is 1.82. The van der Waals surface area contributed by atoms with Gasteiger partial charge in [-0.25, -0.2) is 0 Å². The van der Waals surface area contributed by atoms with Crippen molar-refractivity contribution in [1.82, 2.24) is 10.6 Å². The van der Waals surface area contributed by atoms with Gasteiger partial charge >= 0.3 is 0 Å². The van der Waals surface area contributed by atoms with Crippen molar-refractivity contribution in [3.05, 3.63) is 22.4 Å². The van der Waals surface area contributed by atoms with Crippen molar-refractivity contribution in [1.29, 1.82) is 0 Å². The molecule has 1 aromatic rings. The third-order valence-electron chi connectivity index (χ3n) is 2.65. The molecule has 0 aromatic carbocycles. The molecule has 1 atom stereocenters. The van der Waals surface area contributed by atoms with E-state index in [1.165, 1.54) is 4.88 Å². The summed E-state index contributed by atoms with van der Waals surface area (Å²) in [5, 5.41) is 8.84. The fourth-order valence-corrected chi connectivity index (χ4v) is 2.51. The number of aliphatic imine (C=N–C) groups is 1. The molecule has 1 aromatic heterocycles. The molecule has 0 aliphatic heterocycles. The number of hydrogen-bond donors (Lipinski definition) is 2. The Hall–Kier alpha value is -1.03. The third-order valence-corrected chi connectivity index (χ3v) is 3.55.